The van der Waals surface area contributed by atoms with E-state index in [0.717, 1.165) is 0 Å². The number of hydrogen-bond donors (Lipinski definition) is 1. The van der Waals surface area contributed by atoms with E-state index in [1.54, 1.807) is 41.5 Å². The third kappa shape index (κ3) is 5.77. The summed E-state index contributed by atoms with van der Waals surface area (Å²) in [6.45, 7) is 10.7. The Hall–Kier alpha value is -1.01. The fourth-order valence-electron chi connectivity index (χ4n) is 1.20. The van der Waals surface area contributed by atoms with Gasteiger partial charge in [-0.05, 0) is 41.5 Å². The Bertz CT molecular complexity index is 299. The van der Waals surface area contributed by atoms with Crippen molar-refractivity contribution in [1.29, 1.82) is 0 Å². The third-order valence-corrected chi connectivity index (χ3v) is 2.06. The van der Waals surface area contributed by atoms with Crippen molar-refractivity contribution in [2.75, 3.05) is 0 Å². The maximum absolute atomic E-state index is 11.5. The Morgan fingerprint density at radius 3 is 2.19 bits per heavy atom. The third-order valence-electron chi connectivity index (χ3n) is 2.06. The topological polar surface area (TPSA) is 46.5 Å². The van der Waals surface area contributed by atoms with Crippen LogP contribution in [-0.4, -0.2) is 22.8 Å². The molecule has 0 spiro atoms. The van der Waals surface area contributed by atoms with Crippen molar-refractivity contribution >= 4 is 5.97 Å². The zero-order chi connectivity index (χ0) is 13.0. The summed E-state index contributed by atoms with van der Waals surface area (Å²) in [5.74, 6) is 5.23. The first kappa shape index (κ1) is 15.0. The van der Waals surface area contributed by atoms with Crippen LogP contribution < -0.4 is 0 Å². The van der Waals surface area contributed by atoms with E-state index in [1.807, 2.05) is 0 Å². The number of aliphatic hydroxyl groups is 1. The number of ether oxygens (including phenoxy) is 1. The molecule has 0 radical (unpaired) electrons. The van der Waals surface area contributed by atoms with Gasteiger partial charge >= 0.3 is 5.97 Å². The first-order valence-corrected chi connectivity index (χ1v) is 5.42. The van der Waals surface area contributed by atoms with Gasteiger partial charge in [-0.3, -0.25) is 4.79 Å². The Kier molecular flexibility index (Phi) is 5.02. The molecule has 1 N–H and O–H groups in total. The minimum atomic E-state index is -0.810. The van der Waals surface area contributed by atoms with E-state index in [9.17, 15) is 9.90 Å². The van der Waals surface area contributed by atoms with E-state index < -0.39 is 23.1 Å². The van der Waals surface area contributed by atoms with Gasteiger partial charge in [0.2, 0.25) is 0 Å². The van der Waals surface area contributed by atoms with Crippen LogP contribution >= 0.6 is 0 Å². The van der Waals surface area contributed by atoms with Crippen LogP contribution in [0.2, 0.25) is 0 Å². The number of aliphatic hydroxyl groups excluding tert-OH is 1. The van der Waals surface area contributed by atoms with Crippen molar-refractivity contribution in [3.8, 4) is 11.8 Å². The predicted molar refractivity (Wildman–Crippen MR) is 63.7 cm³/mol. The zero-order valence-corrected chi connectivity index (χ0v) is 11.0. The van der Waals surface area contributed by atoms with Crippen molar-refractivity contribution in [3.05, 3.63) is 0 Å². The first-order valence-electron chi connectivity index (χ1n) is 5.42. The monoisotopic (exact) mass is 226 g/mol. The summed E-state index contributed by atoms with van der Waals surface area (Å²) < 4.78 is 5.13. The second kappa shape index (κ2) is 5.36. The van der Waals surface area contributed by atoms with Crippen LogP contribution in [0.15, 0.2) is 0 Å². The lowest BCUT2D eigenvalue weighted by Crippen LogP contribution is -2.33. The number of rotatable bonds is 3. The molecule has 0 rings (SSSR count). The van der Waals surface area contributed by atoms with E-state index in [-0.39, 0.29) is 6.42 Å². The summed E-state index contributed by atoms with van der Waals surface area (Å²) in [5.41, 5.74) is -1.11. The summed E-state index contributed by atoms with van der Waals surface area (Å²) in [4.78, 5) is 11.5. The highest BCUT2D eigenvalue weighted by Gasteiger charge is 2.29. The number of carbonyl (C=O) groups is 1. The van der Waals surface area contributed by atoms with Crippen LogP contribution in [0.25, 0.3) is 0 Å². The summed E-state index contributed by atoms with van der Waals surface area (Å²) in [6.07, 6.45) is -0.839. The Morgan fingerprint density at radius 2 is 1.81 bits per heavy atom. The van der Waals surface area contributed by atoms with Crippen molar-refractivity contribution in [2.45, 2.75) is 59.7 Å². The van der Waals surface area contributed by atoms with Gasteiger partial charge in [-0.15, -0.1) is 5.92 Å². The van der Waals surface area contributed by atoms with Crippen LogP contribution in [0.3, 0.4) is 0 Å². The van der Waals surface area contributed by atoms with Crippen LogP contribution in [0.1, 0.15) is 48.0 Å². The van der Waals surface area contributed by atoms with Gasteiger partial charge in [-0.25, -0.2) is 0 Å². The standard InChI is InChI=1S/C13H22O3/c1-7-8-13(5,6)10(14)9-11(15)16-12(2,3)4/h10,14H,9H2,1-6H3/t10-/m0/s1. The Labute approximate surface area is 98.2 Å². The molecule has 3 heteroatoms. The minimum Gasteiger partial charge on any atom is -0.460 e. The molecule has 92 valence electrons. The molecule has 0 unspecified atom stereocenters. The van der Waals surface area contributed by atoms with E-state index >= 15 is 0 Å². The predicted octanol–water partition coefficient (Wildman–Crippen LogP) is 2.13. The van der Waals surface area contributed by atoms with Gasteiger partial charge in [0, 0.05) is 0 Å². The summed E-state index contributed by atoms with van der Waals surface area (Å²) in [6, 6.07) is 0. The van der Waals surface area contributed by atoms with E-state index in [0.29, 0.717) is 0 Å². The molecule has 0 aliphatic heterocycles. The van der Waals surface area contributed by atoms with Crippen molar-refractivity contribution in [3.63, 3.8) is 0 Å². The Balaban J connectivity index is 4.39. The molecule has 0 heterocycles. The van der Waals surface area contributed by atoms with Crippen molar-refractivity contribution < 1.29 is 14.6 Å². The van der Waals surface area contributed by atoms with Crippen LogP contribution in [0.4, 0.5) is 0 Å². The largest absolute Gasteiger partial charge is 0.460 e. The molecule has 0 saturated carbocycles. The molecule has 16 heavy (non-hydrogen) atoms. The molecule has 3 nitrogen and oxygen atoms in total. The summed E-state index contributed by atoms with van der Waals surface area (Å²) >= 11 is 0. The van der Waals surface area contributed by atoms with Crippen molar-refractivity contribution in [1.82, 2.24) is 0 Å². The summed E-state index contributed by atoms with van der Waals surface area (Å²) in [5, 5.41) is 9.87. The number of carbonyl (C=O) groups excluding carboxylic acids is 1. The van der Waals surface area contributed by atoms with Crippen LogP contribution in [0, 0.1) is 17.3 Å². The second-order valence-electron chi connectivity index (χ2n) is 5.40. The molecular weight excluding hydrogens is 204 g/mol. The summed E-state index contributed by atoms with van der Waals surface area (Å²) in [7, 11) is 0. The average molecular weight is 226 g/mol. The normalized spacial score (nSPS) is 13.7. The van der Waals surface area contributed by atoms with Crippen molar-refractivity contribution in [2.24, 2.45) is 5.41 Å². The molecule has 0 aliphatic carbocycles. The molecule has 0 fully saturated rings. The molecule has 0 aromatic carbocycles. The maximum Gasteiger partial charge on any atom is 0.308 e. The zero-order valence-electron chi connectivity index (χ0n) is 11.0. The van der Waals surface area contributed by atoms with Gasteiger partial charge in [0.1, 0.15) is 5.60 Å². The number of hydrogen-bond acceptors (Lipinski definition) is 3. The van der Waals surface area contributed by atoms with E-state index in [4.69, 9.17) is 4.74 Å². The SMILES string of the molecule is CC#CC(C)(C)[C@@H](O)CC(=O)OC(C)(C)C. The molecular formula is C13H22O3. The molecule has 0 aromatic rings. The average Bonchev–Trinajstić information content (AvgIpc) is 1.99. The highest BCUT2D eigenvalue weighted by atomic mass is 16.6. The Morgan fingerprint density at radius 1 is 1.31 bits per heavy atom. The maximum atomic E-state index is 11.5. The number of esters is 1. The lowest BCUT2D eigenvalue weighted by atomic mass is 9.85. The van der Waals surface area contributed by atoms with Gasteiger partial charge in [0.15, 0.2) is 0 Å². The molecule has 0 aliphatic rings. The highest BCUT2D eigenvalue weighted by Crippen LogP contribution is 2.23. The highest BCUT2D eigenvalue weighted by molar-refractivity contribution is 5.70. The minimum absolute atomic E-state index is 0.0288. The van der Waals surface area contributed by atoms with Crippen LogP contribution in [0.5, 0.6) is 0 Å². The quantitative estimate of drug-likeness (QED) is 0.592. The lowest BCUT2D eigenvalue weighted by Gasteiger charge is -2.26. The van der Waals surface area contributed by atoms with Gasteiger partial charge in [0.25, 0.3) is 0 Å². The molecule has 0 bridgehead atoms. The van der Waals surface area contributed by atoms with Gasteiger partial charge in [-0.1, -0.05) is 5.92 Å². The second-order valence-corrected chi connectivity index (χ2v) is 5.40. The first-order chi connectivity index (χ1) is 7.08. The smallest absolute Gasteiger partial charge is 0.308 e. The molecule has 0 saturated heterocycles. The fraction of sp³-hybridized carbons (Fsp3) is 0.769. The van der Waals surface area contributed by atoms with Gasteiger partial charge in [-0.2, -0.15) is 0 Å². The molecule has 0 aromatic heterocycles. The van der Waals surface area contributed by atoms with Gasteiger partial charge < -0.3 is 9.84 Å². The molecule has 1 atom stereocenters. The lowest BCUT2D eigenvalue weighted by molar-refractivity contribution is -0.158. The van der Waals surface area contributed by atoms with E-state index in [2.05, 4.69) is 11.8 Å². The van der Waals surface area contributed by atoms with E-state index in [1.165, 1.54) is 0 Å². The molecule has 0 amide bonds. The van der Waals surface area contributed by atoms with Gasteiger partial charge in [0.05, 0.1) is 17.9 Å². The fourth-order valence-corrected chi connectivity index (χ4v) is 1.20. The van der Waals surface area contributed by atoms with Crippen LogP contribution in [-0.2, 0) is 9.53 Å².